The zero-order valence-corrected chi connectivity index (χ0v) is 14.7. The third kappa shape index (κ3) is 2.91. The van der Waals surface area contributed by atoms with Crippen LogP contribution in [0.4, 0.5) is 0 Å². The Morgan fingerprint density at radius 3 is 2.78 bits per heavy atom. The molecule has 3 heterocycles. The maximum Gasteiger partial charge on any atom is 0.253 e. The molecule has 3 saturated heterocycles. The minimum Gasteiger partial charge on any atom is -0.338 e. The van der Waals surface area contributed by atoms with Crippen LogP contribution >= 0.6 is 11.8 Å². The average Bonchev–Trinajstić information content (AvgIpc) is 3.13. The fraction of sp³-hybridized carbons (Fsp3) is 0.632. The molecule has 0 radical (unpaired) electrons. The highest BCUT2D eigenvalue weighted by atomic mass is 32.2. The molecule has 124 valence electrons. The summed E-state index contributed by atoms with van der Waals surface area (Å²) in [6, 6.07) is 8.96. The van der Waals surface area contributed by atoms with Gasteiger partial charge in [0.15, 0.2) is 0 Å². The van der Waals surface area contributed by atoms with Crippen molar-refractivity contribution in [2.24, 2.45) is 11.8 Å². The molecule has 0 N–H and O–H groups in total. The van der Waals surface area contributed by atoms with E-state index in [0.29, 0.717) is 5.92 Å². The van der Waals surface area contributed by atoms with E-state index in [1.54, 1.807) is 0 Å². The third-order valence-electron chi connectivity index (χ3n) is 5.92. The molecule has 3 fully saturated rings. The number of hydrogen-bond donors (Lipinski definition) is 0. The van der Waals surface area contributed by atoms with E-state index in [1.165, 1.54) is 37.9 Å². The largest absolute Gasteiger partial charge is 0.338 e. The van der Waals surface area contributed by atoms with Gasteiger partial charge in [-0.25, -0.2) is 0 Å². The lowest BCUT2D eigenvalue weighted by Gasteiger charge is -2.33. The SMILES string of the molecule is CSCc1ccc(C(=O)N2C[C@@H]3CN4CCCC[C@H]4[C@H]3C2)cc1. The first-order valence-electron chi connectivity index (χ1n) is 8.87. The van der Waals surface area contributed by atoms with Gasteiger partial charge in [-0.05, 0) is 55.2 Å². The summed E-state index contributed by atoms with van der Waals surface area (Å²) in [5.41, 5.74) is 2.15. The number of fused-ring (bicyclic) bond motifs is 3. The molecule has 0 saturated carbocycles. The summed E-state index contributed by atoms with van der Waals surface area (Å²) in [5, 5.41) is 0. The number of rotatable bonds is 3. The van der Waals surface area contributed by atoms with Gasteiger partial charge >= 0.3 is 0 Å². The van der Waals surface area contributed by atoms with E-state index in [9.17, 15) is 4.79 Å². The first-order valence-corrected chi connectivity index (χ1v) is 10.3. The molecule has 1 aromatic rings. The Labute approximate surface area is 143 Å². The highest BCUT2D eigenvalue weighted by molar-refractivity contribution is 7.97. The molecule has 3 atom stereocenters. The highest BCUT2D eigenvalue weighted by Crippen LogP contribution is 2.40. The first-order chi connectivity index (χ1) is 11.3. The maximum atomic E-state index is 12.8. The quantitative estimate of drug-likeness (QED) is 0.851. The number of piperidine rings is 1. The molecule has 0 spiro atoms. The van der Waals surface area contributed by atoms with Gasteiger partial charge in [0.2, 0.25) is 0 Å². The van der Waals surface area contributed by atoms with Crippen LogP contribution in [0.1, 0.15) is 35.2 Å². The number of carbonyl (C=O) groups is 1. The summed E-state index contributed by atoms with van der Waals surface area (Å²) in [7, 11) is 0. The summed E-state index contributed by atoms with van der Waals surface area (Å²) in [5.74, 6) is 2.67. The van der Waals surface area contributed by atoms with E-state index < -0.39 is 0 Å². The van der Waals surface area contributed by atoms with E-state index in [2.05, 4.69) is 28.2 Å². The molecular formula is C19H26N2OS. The predicted octanol–water partition coefficient (Wildman–Crippen LogP) is 3.11. The summed E-state index contributed by atoms with van der Waals surface area (Å²) in [6.45, 7) is 4.43. The van der Waals surface area contributed by atoms with Crippen LogP contribution in [0.2, 0.25) is 0 Å². The van der Waals surface area contributed by atoms with E-state index in [1.807, 2.05) is 23.9 Å². The number of likely N-dealkylation sites (tertiary alicyclic amines) is 1. The third-order valence-corrected chi connectivity index (χ3v) is 6.54. The molecule has 23 heavy (non-hydrogen) atoms. The summed E-state index contributed by atoms with van der Waals surface area (Å²) in [4.78, 5) is 17.6. The second kappa shape index (κ2) is 6.48. The minimum atomic E-state index is 0.234. The van der Waals surface area contributed by atoms with E-state index >= 15 is 0 Å². The van der Waals surface area contributed by atoms with Crippen LogP contribution in [-0.2, 0) is 5.75 Å². The molecule has 0 bridgehead atoms. The smallest absolute Gasteiger partial charge is 0.253 e. The van der Waals surface area contributed by atoms with Gasteiger partial charge in [-0.2, -0.15) is 11.8 Å². The van der Waals surface area contributed by atoms with Crippen molar-refractivity contribution in [3.05, 3.63) is 35.4 Å². The topological polar surface area (TPSA) is 23.6 Å². The monoisotopic (exact) mass is 330 g/mol. The maximum absolute atomic E-state index is 12.8. The zero-order chi connectivity index (χ0) is 15.8. The van der Waals surface area contributed by atoms with Crippen molar-refractivity contribution in [2.45, 2.75) is 31.1 Å². The molecule has 3 aliphatic rings. The zero-order valence-electron chi connectivity index (χ0n) is 13.9. The van der Waals surface area contributed by atoms with Crippen LogP contribution in [0, 0.1) is 11.8 Å². The van der Waals surface area contributed by atoms with Crippen LogP contribution in [0.25, 0.3) is 0 Å². The molecule has 4 rings (SSSR count). The van der Waals surface area contributed by atoms with Crippen molar-refractivity contribution < 1.29 is 4.79 Å². The van der Waals surface area contributed by atoms with Gasteiger partial charge in [-0.1, -0.05) is 18.6 Å². The van der Waals surface area contributed by atoms with Gasteiger partial charge < -0.3 is 4.90 Å². The summed E-state index contributed by atoms with van der Waals surface area (Å²) >= 11 is 1.82. The number of benzene rings is 1. The first kappa shape index (κ1) is 15.5. The number of hydrogen-bond acceptors (Lipinski definition) is 3. The number of thioether (sulfide) groups is 1. The number of nitrogens with zero attached hydrogens (tertiary/aromatic N) is 2. The second-order valence-corrected chi connectivity index (χ2v) is 8.19. The standard InChI is InChI=1S/C19H26N2OS/c1-23-13-14-5-7-15(8-6-14)19(22)21-11-16-10-20-9-3-2-4-18(20)17(16)12-21/h5-8,16-18H,2-4,9-13H2,1H3/t16-,17-,18-/m0/s1. The molecule has 4 heteroatoms. The molecule has 1 aromatic carbocycles. The van der Waals surface area contributed by atoms with Gasteiger partial charge in [-0.3, -0.25) is 9.69 Å². The Hall–Kier alpha value is -1.00. The molecule has 3 aliphatic heterocycles. The molecular weight excluding hydrogens is 304 g/mol. The molecule has 1 amide bonds. The lowest BCUT2D eigenvalue weighted by molar-refractivity contribution is 0.0754. The van der Waals surface area contributed by atoms with E-state index in [4.69, 9.17) is 0 Å². The lowest BCUT2D eigenvalue weighted by Crippen LogP contribution is -2.40. The molecule has 0 unspecified atom stereocenters. The molecule has 0 aliphatic carbocycles. The molecule has 3 nitrogen and oxygen atoms in total. The van der Waals surface area contributed by atoms with Crippen molar-refractivity contribution in [1.82, 2.24) is 9.80 Å². The molecule has 0 aromatic heterocycles. The van der Waals surface area contributed by atoms with Gasteiger partial charge in [0.05, 0.1) is 0 Å². The Morgan fingerprint density at radius 1 is 1.17 bits per heavy atom. The summed E-state index contributed by atoms with van der Waals surface area (Å²) < 4.78 is 0. The van der Waals surface area contributed by atoms with Crippen LogP contribution < -0.4 is 0 Å². The van der Waals surface area contributed by atoms with E-state index in [0.717, 1.165) is 36.4 Å². The minimum absolute atomic E-state index is 0.234. The van der Waals surface area contributed by atoms with Crippen LogP contribution in [-0.4, -0.2) is 54.2 Å². The van der Waals surface area contributed by atoms with Gasteiger partial charge in [0.25, 0.3) is 5.91 Å². The normalized spacial score (nSPS) is 30.3. The van der Waals surface area contributed by atoms with Crippen molar-refractivity contribution in [1.29, 1.82) is 0 Å². The van der Waals surface area contributed by atoms with Gasteiger partial charge in [0, 0.05) is 37.0 Å². The lowest BCUT2D eigenvalue weighted by atomic mass is 9.90. The van der Waals surface area contributed by atoms with Gasteiger partial charge in [-0.15, -0.1) is 0 Å². The van der Waals surface area contributed by atoms with Crippen LogP contribution in [0.15, 0.2) is 24.3 Å². The Kier molecular flexibility index (Phi) is 4.37. The fourth-order valence-corrected chi connectivity index (χ4v) is 5.34. The predicted molar refractivity (Wildman–Crippen MR) is 95.8 cm³/mol. The van der Waals surface area contributed by atoms with E-state index in [-0.39, 0.29) is 5.91 Å². The van der Waals surface area contributed by atoms with Crippen molar-refractivity contribution in [3.63, 3.8) is 0 Å². The van der Waals surface area contributed by atoms with Crippen LogP contribution in [0.3, 0.4) is 0 Å². The van der Waals surface area contributed by atoms with Crippen molar-refractivity contribution in [2.75, 3.05) is 32.4 Å². The Morgan fingerprint density at radius 2 is 2.00 bits per heavy atom. The van der Waals surface area contributed by atoms with Gasteiger partial charge in [0.1, 0.15) is 0 Å². The van der Waals surface area contributed by atoms with Crippen molar-refractivity contribution in [3.8, 4) is 0 Å². The Balaban J connectivity index is 1.43. The average molecular weight is 330 g/mol. The number of amides is 1. The Bertz CT molecular complexity index is 573. The highest BCUT2D eigenvalue weighted by Gasteiger charge is 2.48. The fourth-order valence-electron chi connectivity index (χ4n) is 4.81. The van der Waals surface area contributed by atoms with Crippen LogP contribution in [0.5, 0.6) is 0 Å². The summed E-state index contributed by atoms with van der Waals surface area (Å²) in [6.07, 6.45) is 6.18. The number of carbonyl (C=O) groups excluding carboxylic acids is 1. The second-order valence-electron chi connectivity index (χ2n) is 7.32. The van der Waals surface area contributed by atoms with Crippen molar-refractivity contribution >= 4 is 17.7 Å².